The highest BCUT2D eigenvalue weighted by atomic mass is 16.5. The van der Waals surface area contributed by atoms with E-state index in [-0.39, 0.29) is 22.9 Å². The number of carbonyl (C=O) groups is 1. The molecule has 0 radical (unpaired) electrons. The Kier molecular flexibility index (Phi) is 3.61. The van der Waals surface area contributed by atoms with E-state index in [1.807, 2.05) is 13.0 Å². The lowest BCUT2D eigenvalue weighted by atomic mass is 9.61. The van der Waals surface area contributed by atoms with E-state index in [0.717, 1.165) is 6.42 Å². The summed E-state index contributed by atoms with van der Waals surface area (Å²) in [7, 11) is 0. The van der Waals surface area contributed by atoms with Gasteiger partial charge in [0.2, 0.25) is 0 Å². The van der Waals surface area contributed by atoms with Crippen molar-refractivity contribution in [3.63, 3.8) is 0 Å². The summed E-state index contributed by atoms with van der Waals surface area (Å²) in [5, 5.41) is 10.8. The highest BCUT2D eigenvalue weighted by Gasteiger charge is 2.76. The van der Waals surface area contributed by atoms with Gasteiger partial charge in [-0.3, -0.25) is 0 Å². The van der Waals surface area contributed by atoms with Crippen LogP contribution in [0.3, 0.4) is 0 Å². The number of hydrogen-bond donors (Lipinski definition) is 1. The lowest BCUT2D eigenvalue weighted by Crippen LogP contribution is -2.50. The van der Waals surface area contributed by atoms with Gasteiger partial charge < -0.3 is 9.84 Å². The summed E-state index contributed by atoms with van der Waals surface area (Å²) in [5.74, 6) is 0.678. The molecule has 6 atom stereocenters. The summed E-state index contributed by atoms with van der Waals surface area (Å²) in [4.78, 5) is 12.5. The normalized spacial score (nSPS) is 47.5. The molecular weight excluding hydrogens is 288 g/mol. The van der Waals surface area contributed by atoms with Gasteiger partial charge in [0, 0.05) is 21.8 Å². The fourth-order valence-corrected chi connectivity index (χ4v) is 6.23. The van der Waals surface area contributed by atoms with Crippen molar-refractivity contribution in [2.75, 3.05) is 0 Å². The highest BCUT2D eigenvalue weighted by Crippen LogP contribution is 2.76. The predicted octanol–water partition coefficient (Wildman–Crippen LogP) is 3.87. The van der Waals surface area contributed by atoms with Gasteiger partial charge >= 0.3 is 5.97 Å². The lowest BCUT2D eigenvalue weighted by molar-refractivity contribution is -0.165. The van der Waals surface area contributed by atoms with Gasteiger partial charge in [0.15, 0.2) is 0 Å². The van der Waals surface area contributed by atoms with Gasteiger partial charge in [-0.2, -0.15) is 0 Å². The van der Waals surface area contributed by atoms with E-state index in [1.165, 1.54) is 6.42 Å². The quantitative estimate of drug-likeness (QED) is 0.477. The molecule has 2 unspecified atom stereocenters. The number of ether oxygens (including phenoxy) is 1. The summed E-state index contributed by atoms with van der Waals surface area (Å²) < 4.78 is 6.04. The van der Waals surface area contributed by atoms with Crippen LogP contribution < -0.4 is 0 Å². The van der Waals surface area contributed by atoms with Crippen LogP contribution in [0.2, 0.25) is 0 Å². The summed E-state index contributed by atoms with van der Waals surface area (Å²) in [6.45, 7) is 12.5. The van der Waals surface area contributed by atoms with E-state index in [9.17, 15) is 9.90 Å². The van der Waals surface area contributed by atoms with Crippen LogP contribution in [0.1, 0.15) is 54.4 Å². The van der Waals surface area contributed by atoms with Gasteiger partial charge in [0.1, 0.15) is 6.10 Å². The smallest absolute Gasteiger partial charge is 0.333 e. The second-order valence-corrected chi connectivity index (χ2v) is 8.63. The summed E-state index contributed by atoms with van der Waals surface area (Å²) in [6, 6.07) is 0. The second-order valence-electron chi connectivity index (χ2n) is 8.63. The Morgan fingerprint density at radius 1 is 1.30 bits per heavy atom. The fourth-order valence-electron chi connectivity index (χ4n) is 6.23. The van der Waals surface area contributed by atoms with Gasteiger partial charge in [0.05, 0.1) is 6.10 Å². The Morgan fingerprint density at radius 2 is 1.96 bits per heavy atom. The molecule has 128 valence electrons. The van der Waals surface area contributed by atoms with Crippen LogP contribution in [0, 0.1) is 28.1 Å². The molecule has 1 N–H and O–H groups in total. The summed E-state index contributed by atoms with van der Waals surface area (Å²) in [5.41, 5.74) is -0.0237. The van der Waals surface area contributed by atoms with Crippen molar-refractivity contribution < 1.29 is 14.6 Å². The molecule has 3 nitrogen and oxygen atoms in total. The Hall–Kier alpha value is -1.09. The average molecular weight is 318 g/mol. The monoisotopic (exact) mass is 318 g/mol. The van der Waals surface area contributed by atoms with E-state index >= 15 is 0 Å². The maximum Gasteiger partial charge on any atom is 0.333 e. The lowest BCUT2D eigenvalue weighted by Gasteiger charge is -2.45. The van der Waals surface area contributed by atoms with Crippen molar-refractivity contribution in [2.24, 2.45) is 28.1 Å². The Morgan fingerprint density at radius 3 is 2.57 bits per heavy atom. The maximum atomic E-state index is 12.5. The zero-order valence-corrected chi connectivity index (χ0v) is 15.2. The number of aliphatic hydroxyl groups is 1. The predicted molar refractivity (Wildman–Crippen MR) is 90.7 cm³/mol. The topological polar surface area (TPSA) is 46.5 Å². The van der Waals surface area contributed by atoms with Gasteiger partial charge in [-0.1, -0.05) is 45.9 Å². The van der Waals surface area contributed by atoms with Crippen LogP contribution in [-0.2, 0) is 9.53 Å². The summed E-state index contributed by atoms with van der Waals surface area (Å²) in [6.07, 6.45) is 7.44. The van der Waals surface area contributed by atoms with E-state index in [4.69, 9.17) is 4.74 Å². The molecule has 0 bridgehead atoms. The van der Waals surface area contributed by atoms with E-state index in [0.29, 0.717) is 17.4 Å². The maximum absolute atomic E-state index is 12.5. The van der Waals surface area contributed by atoms with Crippen LogP contribution in [0.5, 0.6) is 0 Å². The van der Waals surface area contributed by atoms with Gasteiger partial charge in [-0.25, -0.2) is 4.79 Å². The number of carbonyl (C=O) groups excluding carboxylic acids is 1. The standard InChI is InChI=1S/C20H30O3/c1-7-12(2)16(22)23-17-18(4,5)14-9-8-13(3)20(14)11-10-15(21)19(17,20)6/h7,10-11,13-15,17,21H,8-9H2,1-6H3/b12-7-/t13-,14?,15+,17+,19+,20?/m1/s1. The molecule has 3 aliphatic rings. The molecule has 2 fully saturated rings. The first kappa shape index (κ1) is 16.8. The molecule has 3 rings (SSSR count). The minimum Gasteiger partial charge on any atom is -0.458 e. The van der Waals surface area contributed by atoms with Crippen molar-refractivity contribution in [3.8, 4) is 0 Å². The fraction of sp³-hybridized carbons (Fsp3) is 0.750. The Bertz CT molecular complexity index is 588. The van der Waals surface area contributed by atoms with E-state index in [1.54, 1.807) is 13.0 Å². The molecule has 1 spiro atoms. The van der Waals surface area contributed by atoms with Crippen LogP contribution >= 0.6 is 0 Å². The molecule has 3 aliphatic carbocycles. The first-order chi connectivity index (χ1) is 10.6. The first-order valence-electron chi connectivity index (χ1n) is 8.85. The van der Waals surface area contributed by atoms with Crippen LogP contribution in [0.4, 0.5) is 0 Å². The number of allylic oxidation sites excluding steroid dienone is 2. The van der Waals surface area contributed by atoms with Gasteiger partial charge in [-0.15, -0.1) is 0 Å². The zero-order chi connectivity index (χ0) is 17.2. The molecule has 23 heavy (non-hydrogen) atoms. The molecule has 0 heterocycles. The molecule has 0 amide bonds. The molecule has 0 aromatic carbocycles. The zero-order valence-electron chi connectivity index (χ0n) is 15.2. The molecular formula is C20H30O3. The number of aliphatic hydroxyl groups excluding tert-OH is 1. The molecule has 3 heteroatoms. The molecule has 0 aliphatic heterocycles. The Labute approximate surface area is 139 Å². The number of esters is 1. The van der Waals surface area contributed by atoms with Crippen molar-refractivity contribution >= 4 is 5.97 Å². The molecule has 0 aromatic rings. The largest absolute Gasteiger partial charge is 0.458 e. The third-order valence-electron chi connectivity index (χ3n) is 7.48. The van der Waals surface area contributed by atoms with E-state index in [2.05, 4.69) is 33.8 Å². The second kappa shape index (κ2) is 4.95. The molecule has 0 saturated heterocycles. The SMILES string of the molecule is C/C=C(/C)C(=O)O[C@H]1C(C)(C)C2CC[C@@H](C)C23C=C[C@H](O)[C@@]13C. The minimum atomic E-state index is -0.559. The van der Waals surface area contributed by atoms with Gasteiger partial charge in [-0.05, 0) is 38.5 Å². The molecule has 0 aromatic heterocycles. The number of hydrogen-bond acceptors (Lipinski definition) is 3. The van der Waals surface area contributed by atoms with E-state index < -0.39 is 11.5 Å². The third kappa shape index (κ3) is 1.77. The van der Waals surface area contributed by atoms with Crippen molar-refractivity contribution in [3.05, 3.63) is 23.8 Å². The van der Waals surface area contributed by atoms with Crippen molar-refractivity contribution in [2.45, 2.75) is 66.6 Å². The molecule has 2 saturated carbocycles. The van der Waals surface area contributed by atoms with Crippen LogP contribution in [0.15, 0.2) is 23.8 Å². The summed E-state index contributed by atoms with van der Waals surface area (Å²) >= 11 is 0. The van der Waals surface area contributed by atoms with Crippen LogP contribution in [0.25, 0.3) is 0 Å². The van der Waals surface area contributed by atoms with Crippen molar-refractivity contribution in [1.29, 1.82) is 0 Å². The number of rotatable bonds is 2. The average Bonchev–Trinajstić information content (AvgIpc) is 3.02. The minimum absolute atomic E-state index is 0.0648. The van der Waals surface area contributed by atoms with Crippen LogP contribution in [-0.4, -0.2) is 23.3 Å². The third-order valence-corrected chi connectivity index (χ3v) is 7.48. The van der Waals surface area contributed by atoms with Gasteiger partial charge in [0.25, 0.3) is 0 Å². The highest BCUT2D eigenvalue weighted by molar-refractivity contribution is 5.87. The first-order valence-corrected chi connectivity index (χ1v) is 8.85. The van der Waals surface area contributed by atoms with Crippen molar-refractivity contribution in [1.82, 2.24) is 0 Å². The Balaban J connectivity index is 2.09.